The molecule has 0 unspecified atom stereocenters. The van der Waals surface area contributed by atoms with Crippen LogP contribution in [0.3, 0.4) is 0 Å². The number of hydrogen-bond donors (Lipinski definition) is 0. The summed E-state index contributed by atoms with van der Waals surface area (Å²) in [5, 5.41) is 0. The zero-order valence-electron chi connectivity index (χ0n) is 63.8. The standard InChI is InChI=1S/C60H57NO9.C18H12I3N.C14H16O3/c1-40-13-25-46(52(37-40)65-55(62)68-58(4,5)6)28-16-43-19-31-49(32-20-43)61(50-33-21-44(22-34-50)17-29-47-26-14-41(2)38-53(47)66-56(63)69-59(7,8)9)51-35-23-45(24-36-51)18-30-48-27-15-42(3)39-54(48)67-57(64)70-60(10,11)12;19-13-1-7-16(8-2-13)22(17-9-3-14(20)4-10-17)18-11-5-15(21)6-12-18;1-6-11-8-7-10(2)9-12(11)16-13(15)17-14(3,4)5/h13-15,19-27,31-39H,1-12H3;1-12H;1,7-9H,2-5H3. The monoisotopic (exact) mass is 1790 g/mol. The molecule has 0 aliphatic heterocycles. The number of carbonyl (C=O) groups is 4. The van der Waals surface area contributed by atoms with Crippen molar-refractivity contribution in [3.05, 3.63) is 290 Å². The van der Waals surface area contributed by atoms with Crippen molar-refractivity contribution in [1.29, 1.82) is 0 Å². The maximum Gasteiger partial charge on any atom is 0.514 e. The summed E-state index contributed by atoms with van der Waals surface area (Å²) in [6.07, 6.45) is 2.16. The molecule has 0 saturated carbocycles. The van der Waals surface area contributed by atoms with Crippen LogP contribution in [0.25, 0.3) is 0 Å². The first-order valence-corrected chi connectivity index (χ1v) is 37.9. The quantitative estimate of drug-likeness (QED) is 0.0420. The number of benzene rings is 10. The first-order valence-electron chi connectivity index (χ1n) is 34.7. The minimum Gasteiger partial charge on any atom is -0.428 e. The second-order valence-electron chi connectivity index (χ2n) is 28.9. The molecule has 0 amide bonds. The average Bonchev–Trinajstić information content (AvgIpc) is 0.808. The van der Waals surface area contributed by atoms with Crippen LogP contribution in [0, 0.1) is 86.3 Å². The Labute approximate surface area is 681 Å². The van der Waals surface area contributed by atoms with Crippen LogP contribution >= 0.6 is 67.8 Å². The van der Waals surface area contributed by atoms with E-state index in [1.807, 2.05) is 143 Å². The van der Waals surface area contributed by atoms with Gasteiger partial charge in [0.15, 0.2) is 0 Å². The third kappa shape index (κ3) is 27.8. The Kier molecular flexibility index (Phi) is 29.2. The lowest BCUT2D eigenvalue weighted by atomic mass is 10.1. The first-order chi connectivity index (χ1) is 51.4. The molecule has 0 atom stereocenters. The summed E-state index contributed by atoms with van der Waals surface area (Å²) in [5.41, 5.74) is 11.4. The summed E-state index contributed by atoms with van der Waals surface area (Å²) in [6.45, 7) is 28.9. The molecule has 0 radical (unpaired) electrons. The van der Waals surface area contributed by atoms with Crippen LogP contribution in [-0.4, -0.2) is 47.0 Å². The Morgan fingerprint density at radius 3 is 0.679 bits per heavy atom. The third-order valence-electron chi connectivity index (χ3n) is 14.7. The van der Waals surface area contributed by atoms with Gasteiger partial charge in [0.2, 0.25) is 0 Å². The van der Waals surface area contributed by atoms with Gasteiger partial charge in [-0.3, -0.25) is 0 Å². The Morgan fingerprint density at radius 2 is 0.477 bits per heavy atom. The number of halogens is 3. The summed E-state index contributed by atoms with van der Waals surface area (Å²) in [6, 6.07) is 71.0. The molecule has 0 N–H and O–H groups in total. The number of rotatable bonds is 10. The van der Waals surface area contributed by atoms with Crippen LogP contribution in [0.2, 0.25) is 0 Å². The summed E-state index contributed by atoms with van der Waals surface area (Å²) in [5.74, 6) is 22.9. The highest BCUT2D eigenvalue weighted by Gasteiger charge is 2.24. The molecule has 0 saturated heterocycles. The molecular formula is C92H85I3N2O12. The summed E-state index contributed by atoms with van der Waals surface area (Å²) < 4.78 is 46.7. The number of nitrogens with zero attached hydrogens (tertiary/aromatic N) is 2. The molecule has 0 aliphatic rings. The summed E-state index contributed by atoms with van der Waals surface area (Å²) in [4.78, 5) is 53.5. The number of anilines is 6. The van der Waals surface area contributed by atoms with Crippen LogP contribution in [-0.2, 0) is 18.9 Å². The van der Waals surface area contributed by atoms with Gasteiger partial charge in [0.1, 0.15) is 45.4 Å². The molecule has 17 heteroatoms. The molecule has 556 valence electrons. The Hall–Kier alpha value is -10.7. The molecule has 0 aliphatic carbocycles. The number of ether oxygens (including phenoxy) is 8. The van der Waals surface area contributed by atoms with Gasteiger partial charge in [-0.25, -0.2) is 19.2 Å². The van der Waals surface area contributed by atoms with E-state index in [2.05, 4.69) is 192 Å². The second-order valence-corrected chi connectivity index (χ2v) is 32.6. The summed E-state index contributed by atoms with van der Waals surface area (Å²) >= 11 is 7.01. The highest BCUT2D eigenvalue weighted by Crippen LogP contribution is 2.38. The van der Waals surface area contributed by atoms with Crippen LogP contribution < -0.4 is 28.7 Å². The smallest absolute Gasteiger partial charge is 0.428 e. The van der Waals surface area contributed by atoms with Crippen molar-refractivity contribution in [2.45, 2.75) is 133 Å². The zero-order valence-corrected chi connectivity index (χ0v) is 70.3. The lowest BCUT2D eigenvalue weighted by Crippen LogP contribution is -2.26. The van der Waals surface area contributed by atoms with E-state index in [1.165, 1.54) is 27.8 Å². The molecule has 0 bridgehead atoms. The molecule has 10 aromatic carbocycles. The lowest BCUT2D eigenvalue weighted by molar-refractivity contribution is 0.0192. The Morgan fingerprint density at radius 1 is 0.284 bits per heavy atom. The van der Waals surface area contributed by atoms with E-state index in [0.717, 1.165) is 56.0 Å². The Balaban J connectivity index is 0.000000307. The van der Waals surface area contributed by atoms with E-state index in [4.69, 9.17) is 44.3 Å². The maximum atomic E-state index is 12.6. The van der Waals surface area contributed by atoms with E-state index in [9.17, 15) is 19.2 Å². The van der Waals surface area contributed by atoms with Crippen LogP contribution in [0.1, 0.15) is 144 Å². The molecule has 0 fully saturated rings. The van der Waals surface area contributed by atoms with E-state index >= 15 is 0 Å². The summed E-state index contributed by atoms with van der Waals surface area (Å²) in [7, 11) is 0. The predicted molar refractivity (Wildman–Crippen MR) is 458 cm³/mol. The van der Waals surface area contributed by atoms with Gasteiger partial charge in [-0.15, -0.1) is 6.42 Å². The normalized spacial score (nSPS) is 10.8. The molecular weight excluding hydrogens is 1710 g/mol. The highest BCUT2D eigenvalue weighted by molar-refractivity contribution is 14.1. The molecule has 10 aromatic rings. The lowest BCUT2D eigenvalue weighted by Gasteiger charge is -2.25. The Bertz CT molecular complexity index is 4680. The highest BCUT2D eigenvalue weighted by atomic mass is 127. The minimum atomic E-state index is -0.804. The van der Waals surface area contributed by atoms with Gasteiger partial charge < -0.3 is 47.7 Å². The maximum absolute atomic E-state index is 12.6. The van der Waals surface area contributed by atoms with Gasteiger partial charge in [0.25, 0.3) is 0 Å². The van der Waals surface area contributed by atoms with E-state index < -0.39 is 47.0 Å². The van der Waals surface area contributed by atoms with Crippen molar-refractivity contribution >= 4 is 127 Å². The molecule has 109 heavy (non-hydrogen) atoms. The second kappa shape index (κ2) is 37.9. The van der Waals surface area contributed by atoms with Crippen molar-refractivity contribution in [3.63, 3.8) is 0 Å². The van der Waals surface area contributed by atoms with Gasteiger partial charge in [-0.2, -0.15) is 0 Å². The van der Waals surface area contributed by atoms with Crippen LogP contribution in [0.5, 0.6) is 23.0 Å². The van der Waals surface area contributed by atoms with Crippen LogP contribution in [0.4, 0.5) is 53.3 Å². The number of carbonyl (C=O) groups excluding carboxylic acids is 4. The largest absolute Gasteiger partial charge is 0.514 e. The fraction of sp³-hybridized carbons (Fsp3) is 0.217. The average molecular weight is 1790 g/mol. The molecule has 10 rings (SSSR count). The van der Waals surface area contributed by atoms with Gasteiger partial charge in [0.05, 0.1) is 22.3 Å². The van der Waals surface area contributed by atoms with Gasteiger partial charge >= 0.3 is 24.6 Å². The number of terminal acetylenes is 1. The zero-order chi connectivity index (χ0) is 79.4. The predicted octanol–water partition coefficient (Wildman–Crippen LogP) is 24.5. The van der Waals surface area contributed by atoms with Gasteiger partial charge in [0, 0.05) is 61.5 Å². The SMILES string of the molecule is C#Cc1ccc(C)cc1OC(=O)OC(C)(C)C.Cc1ccc(C#Cc2ccc(N(c3ccc(C#Cc4ccc(C)cc4OC(=O)OC(C)(C)C)cc3)c3ccc(C#Cc4ccc(C)cc4OC(=O)OC(C)(C)C)cc3)cc2)c(OC(=O)OC(C)(C)C)c1.Ic1ccc(N(c2ccc(I)cc2)c2ccc(I)cc2)cc1. The van der Waals surface area contributed by atoms with E-state index in [0.29, 0.717) is 45.3 Å². The van der Waals surface area contributed by atoms with Crippen molar-refractivity contribution in [2.75, 3.05) is 9.80 Å². The fourth-order valence-electron chi connectivity index (χ4n) is 9.89. The van der Waals surface area contributed by atoms with E-state index in [1.54, 1.807) is 113 Å². The topological polar surface area (TPSA) is 149 Å². The van der Waals surface area contributed by atoms with Crippen molar-refractivity contribution in [2.24, 2.45) is 0 Å². The fourth-order valence-corrected chi connectivity index (χ4v) is 11.0. The molecule has 0 aromatic heterocycles. The van der Waals surface area contributed by atoms with Gasteiger partial charge in [-0.05, 0) is 395 Å². The van der Waals surface area contributed by atoms with Crippen molar-refractivity contribution < 1.29 is 57.1 Å². The minimum absolute atomic E-state index is 0.313. The van der Waals surface area contributed by atoms with Crippen molar-refractivity contribution in [3.8, 4) is 70.9 Å². The van der Waals surface area contributed by atoms with Gasteiger partial charge in [-0.1, -0.05) is 65.7 Å². The van der Waals surface area contributed by atoms with E-state index in [-0.39, 0.29) is 0 Å². The number of aryl methyl sites for hydroxylation is 4. The third-order valence-corrected chi connectivity index (χ3v) is 16.8. The molecule has 0 spiro atoms. The first kappa shape index (κ1) is 83.9. The van der Waals surface area contributed by atoms with Crippen molar-refractivity contribution in [1.82, 2.24) is 0 Å². The molecule has 0 heterocycles. The van der Waals surface area contributed by atoms with Crippen LogP contribution in [0.15, 0.2) is 218 Å². The molecule has 14 nitrogen and oxygen atoms in total. The number of hydrogen-bond acceptors (Lipinski definition) is 14.